The van der Waals surface area contributed by atoms with Crippen molar-refractivity contribution in [3.05, 3.63) is 52.7 Å². The quantitative estimate of drug-likeness (QED) is 0.820. The van der Waals surface area contributed by atoms with Crippen molar-refractivity contribution in [3.8, 4) is 0 Å². The summed E-state index contributed by atoms with van der Waals surface area (Å²) < 4.78 is 0. The van der Waals surface area contributed by atoms with Crippen LogP contribution in [-0.2, 0) is 6.54 Å². The van der Waals surface area contributed by atoms with Gasteiger partial charge in [-0.3, -0.25) is 0 Å². The van der Waals surface area contributed by atoms with Crippen LogP contribution in [0.5, 0.6) is 0 Å². The lowest BCUT2D eigenvalue weighted by atomic mass is 10.2. The first-order valence-electron chi connectivity index (χ1n) is 5.85. The van der Waals surface area contributed by atoms with E-state index in [2.05, 4.69) is 46.0 Å². The summed E-state index contributed by atoms with van der Waals surface area (Å²) in [6.45, 7) is 1.76. The molecule has 0 spiro atoms. The van der Waals surface area contributed by atoms with E-state index in [0.717, 1.165) is 19.5 Å². The average molecular weight is 276 g/mol. The Bertz CT molecular complexity index is 480. The number of nitrogens with two attached hydrogens (primary N) is 1. The number of para-hydroxylation sites is 1. The first-order chi connectivity index (χ1) is 8.75. The van der Waals surface area contributed by atoms with Gasteiger partial charge in [-0.2, -0.15) is 11.3 Å². The lowest BCUT2D eigenvalue weighted by Crippen LogP contribution is -2.26. The van der Waals surface area contributed by atoms with Gasteiger partial charge in [0.25, 0.3) is 0 Å². The molecule has 0 amide bonds. The lowest BCUT2D eigenvalue weighted by molar-refractivity contribution is 0.809. The molecule has 1 heterocycles. The maximum absolute atomic E-state index is 5.60. The van der Waals surface area contributed by atoms with Crippen LogP contribution >= 0.6 is 23.6 Å². The van der Waals surface area contributed by atoms with Crippen molar-refractivity contribution < 1.29 is 0 Å². The van der Waals surface area contributed by atoms with E-state index in [9.17, 15) is 0 Å². The average Bonchev–Trinajstić information content (AvgIpc) is 2.88. The highest BCUT2D eigenvalue weighted by molar-refractivity contribution is 7.80. The molecule has 0 atom stereocenters. The highest BCUT2D eigenvalue weighted by Crippen LogP contribution is 2.18. The molecule has 94 valence electrons. The second kappa shape index (κ2) is 6.52. The molecule has 0 aliphatic heterocycles. The first-order valence-corrected chi connectivity index (χ1v) is 7.20. The molecule has 0 bridgehead atoms. The molecule has 0 unspecified atom stereocenters. The van der Waals surface area contributed by atoms with Crippen molar-refractivity contribution in [2.24, 2.45) is 5.73 Å². The van der Waals surface area contributed by atoms with E-state index >= 15 is 0 Å². The minimum atomic E-state index is 0.571. The molecule has 0 aliphatic rings. The molecule has 0 aliphatic carbocycles. The molecule has 1 aromatic carbocycles. The molecule has 2 nitrogen and oxygen atoms in total. The van der Waals surface area contributed by atoms with E-state index in [1.54, 1.807) is 11.3 Å². The molecule has 0 radical (unpaired) electrons. The Labute approximate surface area is 117 Å². The van der Waals surface area contributed by atoms with Crippen LogP contribution in [0.4, 0.5) is 5.69 Å². The zero-order valence-electron chi connectivity index (χ0n) is 10.1. The van der Waals surface area contributed by atoms with Gasteiger partial charge in [0.1, 0.15) is 0 Å². The van der Waals surface area contributed by atoms with Gasteiger partial charge in [0.05, 0.1) is 4.99 Å². The number of rotatable bonds is 6. The summed E-state index contributed by atoms with van der Waals surface area (Å²) in [5, 5.41) is 4.28. The Hall–Kier alpha value is -1.39. The monoisotopic (exact) mass is 276 g/mol. The Morgan fingerprint density at radius 2 is 2.00 bits per heavy atom. The van der Waals surface area contributed by atoms with Gasteiger partial charge in [-0.05, 0) is 34.5 Å². The molecule has 0 fully saturated rings. The van der Waals surface area contributed by atoms with Crippen molar-refractivity contribution in [2.75, 3.05) is 11.4 Å². The van der Waals surface area contributed by atoms with Gasteiger partial charge in [-0.25, -0.2) is 0 Å². The Kier molecular flexibility index (Phi) is 4.73. The molecule has 2 rings (SSSR count). The summed E-state index contributed by atoms with van der Waals surface area (Å²) in [6, 6.07) is 12.5. The van der Waals surface area contributed by atoms with Crippen LogP contribution in [0.3, 0.4) is 0 Å². The maximum atomic E-state index is 5.60. The van der Waals surface area contributed by atoms with Gasteiger partial charge in [-0.15, -0.1) is 0 Å². The van der Waals surface area contributed by atoms with Gasteiger partial charge >= 0.3 is 0 Å². The smallest absolute Gasteiger partial charge is 0.0745 e. The molecular formula is C14H16N2S2. The largest absolute Gasteiger partial charge is 0.393 e. The molecule has 0 saturated heterocycles. The Balaban J connectivity index is 2.10. The number of anilines is 1. The molecule has 4 heteroatoms. The van der Waals surface area contributed by atoms with Gasteiger partial charge in [-0.1, -0.05) is 30.4 Å². The van der Waals surface area contributed by atoms with Crippen molar-refractivity contribution in [2.45, 2.75) is 13.0 Å². The third kappa shape index (κ3) is 3.82. The zero-order valence-corrected chi connectivity index (χ0v) is 11.7. The minimum absolute atomic E-state index is 0.571. The van der Waals surface area contributed by atoms with Crippen molar-refractivity contribution >= 4 is 34.2 Å². The van der Waals surface area contributed by atoms with Crippen LogP contribution in [0.1, 0.15) is 12.0 Å². The third-order valence-corrected chi connectivity index (χ3v) is 3.64. The van der Waals surface area contributed by atoms with E-state index in [1.807, 2.05) is 6.07 Å². The third-order valence-electron chi connectivity index (χ3n) is 2.70. The first kappa shape index (κ1) is 13.1. The molecule has 2 N–H and O–H groups in total. The number of thiophene rings is 1. The summed E-state index contributed by atoms with van der Waals surface area (Å²) in [7, 11) is 0. The number of thiocarbonyl (C=S) groups is 1. The predicted octanol–water partition coefficient (Wildman–Crippen LogP) is 3.43. The topological polar surface area (TPSA) is 29.3 Å². The fourth-order valence-electron chi connectivity index (χ4n) is 1.79. The van der Waals surface area contributed by atoms with E-state index < -0.39 is 0 Å². The van der Waals surface area contributed by atoms with Crippen LogP contribution in [0.25, 0.3) is 0 Å². The van der Waals surface area contributed by atoms with E-state index in [-0.39, 0.29) is 0 Å². The predicted molar refractivity (Wildman–Crippen MR) is 83.2 cm³/mol. The van der Waals surface area contributed by atoms with Crippen LogP contribution in [0.15, 0.2) is 47.2 Å². The highest BCUT2D eigenvalue weighted by atomic mass is 32.1. The molecule has 0 saturated carbocycles. The van der Waals surface area contributed by atoms with Gasteiger partial charge < -0.3 is 10.6 Å². The van der Waals surface area contributed by atoms with Crippen molar-refractivity contribution in [3.63, 3.8) is 0 Å². The number of nitrogens with zero attached hydrogens (tertiary/aromatic N) is 1. The molecular weight excluding hydrogens is 260 g/mol. The standard InChI is InChI=1S/C14H16N2S2/c15-14(17)6-8-16(10-12-7-9-18-11-12)13-4-2-1-3-5-13/h1-5,7,9,11H,6,8,10H2,(H2,15,17). The summed E-state index contributed by atoms with van der Waals surface area (Å²) in [6.07, 6.45) is 0.744. The van der Waals surface area contributed by atoms with Gasteiger partial charge in [0.2, 0.25) is 0 Å². The fourth-order valence-corrected chi connectivity index (χ4v) is 2.54. The summed E-state index contributed by atoms with van der Waals surface area (Å²) >= 11 is 6.69. The number of benzene rings is 1. The number of hydrogen-bond donors (Lipinski definition) is 1. The second-order valence-electron chi connectivity index (χ2n) is 4.11. The van der Waals surface area contributed by atoms with Gasteiger partial charge in [0, 0.05) is 25.2 Å². The molecule has 1 aromatic heterocycles. The maximum Gasteiger partial charge on any atom is 0.0745 e. The zero-order chi connectivity index (χ0) is 12.8. The highest BCUT2D eigenvalue weighted by Gasteiger charge is 2.07. The minimum Gasteiger partial charge on any atom is -0.393 e. The molecule has 2 aromatic rings. The summed E-state index contributed by atoms with van der Waals surface area (Å²) in [5.74, 6) is 0. The SMILES string of the molecule is NC(=S)CCN(Cc1ccsc1)c1ccccc1. The fraction of sp³-hybridized carbons (Fsp3) is 0.214. The number of hydrogen-bond acceptors (Lipinski definition) is 3. The van der Waals surface area contributed by atoms with Crippen LogP contribution in [0.2, 0.25) is 0 Å². The normalized spacial score (nSPS) is 10.2. The van der Waals surface area contributed by atoms with E-state index in [1.165, 1.54) is 11.3 Å². The Morgan fingerprint density at radius 1 is 1.22 bits per heavy atom. The second-order valence-corrected chi connectivity index (χ2v) is 5.41. The Morgan fingerprint density at radius 3 is 2.61 bits per heavy atom. The lowest BCUT2D eigenvalue weighted by Gasteiger charge is -2.24. The summed E-state index contributed by atoms with van der Waals surface area (Å²) in [5.41, 5.74) is 8.13. The van der Waals surface area contributed by atoms with Gasteiger partial charge in [0.15, 0.2) is 0 Å². The van der Waals surface area contributed by atoms with E-state index in [4.69, 9.17) is 18.0 Å². The van der Waals surface area contributed by atoms with Crippen LogP contribution in [-0.4, -0.2) is 11.5 Å². The van der Waals surface area contributed by atoms with Crippen molar-refractivity contribution in [1.29, 1.82) is 0 Å². The van der Waals surface area contributed by atoms with E-state index in [0.29, 0.717) is 4.99 Å². The van der Waals surface area contributed by atoms with Crippen LogP contribution in [0, 0.1) is 0 Å². The summed E-state index contributed by atoms with van der Waals surface area (Å²) in [4.78, 5) is 2.88. The van der Waals surface area contributed by atoms with Crippen LogP contribution < -0.4 is 10.6 Å². The molecule has 18 heavy (non-hydrogen) atoms. The van der Waals surface area contributed by atoms with Crippen molar-refractivity contribution in [1.82, 2.24) is 0 Å².